The van der Waals surface area contributed by atoms with Crippen molar-refractivity contribution in [3.05, 3.63) is 145 Å². The van der Waals surface area contributed by atoms with E-state index >= 15 is 0 Å². The molecule has 1 radical (unpaired) electrons. The van der Waals surface area contributed by atoms with E-state index in [4.69, 9.17) is 19.4 Å². The summed E-state index contributed by atoms with van der Waals surface area (Å²) in [6.07, 6.45) is 7.98. The number of nitrogens with zero attached hydrogens (tertiary/aromatic N) is 6. The summed E-state index contributed by atoms with van der Waals surface area (Å²) in [5.74, 6) is 2.24. The van der Waals surface area contributed by atoms with Crippen LogP contribution in [0.25, 0.3) is 61.4 Å². The topological polar surface area (TPSA) is 82.5 Å². The van der Waals surface area contributed by atoms with Crippen molar-refractivity contribution in [2.75, 3.05) is 0 Å². The maximum atomic E-state index is 6.35. The zero-order valence-corrected chi connectivity index (χ0v) is 34.2. The first kappa shape index (κ1) is 38.4. The smallest absolute Gasteiger partial charge is 0.163 e. The second-order valence-electron chi connectivity index (χ2n) is 15.3. The summed E-state index contributed by atoms with van der Waals surface area (Å²) >= 11 is 0. The first-order chi connectivity index (χ1) is 25.5. The van der Waals surface area contributed by atoms with Crippen LogP contribution in [0, 0.1) is 12.1 Å². The number of furan rings is 1. The van der Waals surface area contributed by atoms with E-state index in [1.165, 1.54) is 11.1 Å². The van der Waals surface area contributed by atoms with Crippen molar-refractivity contribution in [2.24, 2.45) is 0 Å². The zero-order chi connectivity index (χ0) is 37.2. The number of hydrogen-bond acceptors (Lipinski definition) is 6. The van der Waals surface area contributed by atoms with Crippen LogP contribution >= 0.6 is 0 Å². The summed E-state index contributed by atoms with van der Waals surface area (Å²) in [6.45, 7) is 14.9. The van der Waals surface area contributed by atoms with Crippen molar-refractivity contribution in [1.82, 2.24) is 29.7 Å². The molecule has 0 amide bonds. The molecule has 8 rings (SSSR count). The maximum Gasteiger partial charge on any atom is 0.163 e. The van der Waals surface area contributed by atoms with Crippen LogP contribution in [-0.4, -0.2) is 29.7 Å². The Morgan fingerprint density at radius 2 is 1.46 bits per heavy atom. The van der Waals surface area contributed by atoms with Crippen LogP contribution in [0.3, 0.4) is 0 Å². The van der Waals surface area contributed by atoms with Crippen LogP contribution in [-0.2, 0) is 37.4 Å². The second kappa shape index (κ2) is 16.0. The normalized spacial score (nSPS) is 11.6. The van der Waals surface area contributed by atoms with Crippen LogP contribution in [0.1, 0.15) is 72.1 Å². The molecule has 0 aliphatic heterocycles. The standard InChI is InChI=1S/C28H27N4O.C18H17N2.Ir/c1-27(2,3)25-30-24(31-26(32-25)28(4,5)6)17-13-14-18-19-10-9-11-20(21-12-7-8-15-29-21)23(19)33-22(18)16-17;1-2-6-15-9-11-18(12-10-15)20-14-17(13-19-20)16-7-4-3-5-8-16;/h7-10,12-16H,1-6H3;3-5,7-11,13-14H,2,6H2,1H3;/q2*-1;. The summed E-state index contributed by atoms with van der Waals surface area (Å²) in [4.78, 5) is 18.9. The van der Waals surface area contributed by atoms with Crippen molar-refractivity contribution in [3.8, 4) is 39.5 Å². The fourth-order valence-electron chi connectivity index (χ4n) is 6.03. The van der Waals surface area contributed by atoms with Crippen LogP contribution in [0.5, 0.6) is 0 Å². The van der Waals surface area contributed by atoms with Crippen LogP contribution in [0.15, 0.2) is 120 Å². The van der Waals surface area contributed by atoms with E-state index in [1.807, 2.05) is 71.7 Å². The first-order valence-electron chi connectivity index (χ1n) is 18.1. The van der Waals surface area contributed by atoms with Gasteiger partial charge in [-0.1, -0.05) is 127 Å². The van der Waals surface area contributed by atoms with Gasteiger partial charge in [-0.25, -0.2) is 15.0 Å². The SMILES string of the molecule is CC(C)(C)c1nc(-c2ccc3c(c2)oc2c(-c4ccccn4)[c-]ccc23)nc(C(C)(C)C)n1.CCCc1c[c-]c(-n2cc(-c3ccccc3)cn2)cc1.[Ir]. The van der Waals surface area contributed by atoms with Crippen LogP contribution in [0.4, 0.5) is 0 Å². The molecular weight excluding hydrogens is 845 g/mol. The largest absolute Gasteiger partial charge is 0.501 e. The molecule has 0 aliphatic carbocycles. The van der Waals surface area contributed by atoms with Crippen molar-refractivity contribution in [2.45, 2.75) is 72.1 Å². The molecule has 7 nitrogen and oxygen atoms in total. The molecule has 0 unspecified atom stereocenters. The molecule has 8 aromatic rings. The van der Waals surface area contributed by atoms with Gasteiger partial charge in [-0.2, -0.15) is 28.9 Å². The predicted molar refractivity (Wildman–Crippen MR) is 214 cm³/mol. The summed E-state index contributed by atoms with van der Waals surface area (Å²) < 4.78 is 8.23. The summed E-state index contributed by atoms with van der Waals surface area (Å²) in [7, 11) is 0. The molecule has 0 saturated heterocycles. The Morgan fingerprint density at radius 1 is 0.722 bits per heavy atom. The quantitative estimate of drug-likeness (QED) is 0.155. The van der Waals surface area contributed by atoms with Gasteiger partial charge in [0.15, 0.2) is 5.82 Å². The van der Waals surface area contributed by atoms with Gasteiger partial charge >= 0.3 is 0 Å². The minimum absolute atomic E-state index is 0. The first-order valence-corrected chi connectivity index (χ1v) is 18.1. The summed E-state index contributed by atoms with van der Waals surface area (Å²) in [5, 5.41) is 6.51. The monoisotopic (exact) mass is 889 g/mol. The predicted octanol–water partition coefficient (Wildman–Crippen LogP) is 11.2. The Bertz CT molecular complexity index is 2440. The third-order valence-electron chi connectivity index (χ3n) is 8.93. The molecule has 54 heavy (non-hydrogen) atoms. The van der Waals surface area contributed by atoms with Gasteiger partial charge in [-0.05, 0) is 29.1 Å². The van der Waals surface area contributed by atoms with Crippen molar-refractivity contribution in [1.29, 1.82) is 0 Å². The number of hydrogen-bond donors (Lipinski definition) is 0. The Morgan fingerprint density at radius 3 is 2.11 bits per heavy atom. The number of benzene rings is 4. The molecule has 4 heterocycles. The molecular formula is C46H44IrN6O-2. The summed E-state index contributed by atoms with van der Waals surface area (Å²) in [6, 6.07) is 39.1. The van der Waals surface area contributed by atoms with Gasteiger partial charge in [0.25, 0.3) is 0 Å². The van der Waals surface area contributed by atoms with Gasteiger partial charge in [0.1, 0.15) is 17.2 Å². The van der Waals surface area contributed by atoms with E-state index in [0.717, 1.165) is 74.5 Å². The molecule has 0 bridgehead atoms. The summed E-state index contributed by atoms with van der Waals surface area (Å²) in [5.41, 5.74) is 8.41. The Labute approximate surface area is 331 Å². The molecule has 4 aromatic heterocycles. The molecule has 8 heteroatoms. The fourth-order valence-corrected chi connectivity index (χ4v) is 6.03. The third-order valence-corrected chi connectivity index (χ3v) is 8.93. The van der Waals surface area contributed by atoms with Gasteiger partial charge in [0.2, 0.25) is 0 Å². The van der Waals surface area contributed by atoms with Gasteiger partial charge in [-0.15, -0.1) is 24.3 Å². The number of rotatable bonds is 6. The van der Waals surface area contributed by atoms with Crippen molar-refractivity contribution >= 4 is 21.9 Å². The van der Waals surface area contributed by atoms with Gasteiger partial charge in [0, 0.05) is 59.8 Å². The average Bonchev–Trinajstić information content (AvgIpc) is 3.81. The van der Waals surface area contributed by atoms with E-state index in [1.54, 1.807) is 6.20 Å². The van der Waals surface area contributed by atoms with E-state index < -0.39 is 0 Å². The molecule has 0 spiro atoms. The molecule has 0 N–H and O–H groups in total. The Hall–Kier alpha value is -5.30. The second-order valence-corrected chi connectivity index (χ2v) is 15.3. The number of aromatic nitrogens is 6. The number of fused-ring (bicyclic) bond motifs is 3. The number of pyridine rings is 1. The molecule has 0 saturated carbocycles. The third kappa shape index (κ3) is 8.41. The van der Waals surface area contributed by atoms with Gasteiger partial charge in [-0.3, -0.25) is 4.68 Å². The van der Waals surface area contributed by atoms with E-state index in [2.05, 4.69) is 113 Å². The fraction of sp³-hybridized carbons (Fsp3) is 0.239. The minimum atomic E-state index is -0.186. The van der Waals surface area contributed by atoms with E-state index in [-0.39, 0.29) is 30.9 Å². The maximum absolute atomic E-state index is 6.35. The number of aryl methyl sites for hydroxylation is 1. The Balaban J connectivity index is 0.000000203. The minimum Gasteiger partial charge on any atom is -0.501 e. The van der Waals surface area contributed by atoms with E-state index in [0.29, 0.717) is 5.82 Å². The zero-order valence-electron chi connectivity index (χ0n) is 31.8. The van der Waals surface area contributed by atoms with Gasteiger partial charge < -0.3 is 9.40 Å². The molecule has 275 valence electrons. The van der Waals surface area contributed by atoms with Crippen molar-refractivity contribution in [3.63, 3.8) is 0 Å². The van der Waals surface area contributed by atoms with Crippen LogP contribution < -0.4 is 0 Å². The van der Waals surface area contributed by atoms with Crippen molar-refractivity contribution < 1.29 is 24.5 Å². The molecule has 0 aliphatic rings. The molecule has 0 atom stereocenters. The average molecular weight is 889 g/mol. The van der Waals surface area contributed by atoms with E-state index in [9.17, 15) is 0 Å². The van der Waals surface area contributed by atoms with Gasteiger partial charge in [0.05, 0.1) is 11.8 Å². The van der Waals surface area contributed by atoms with Crippen LogP contribution in [0.2, 0.25) is 0 Å². The molecule has 0 fully saturated rings. The Kier molecular flexibility index (Phi) is 11.4. The molecule has 4 aromatic carbocycles.